The maximum absolute atomic E-state index is 12.9. The summed E-state index contributed by atoms with van der Waals surface area (Å²) in [5.41, 5.74) is 1.97. The fourth-order valence-corrected chi connectivity index (χ4v) is 10.3. The number of nitrogens with zero attached hydrogens (tertiary/aromatic N) is 3. The molecule has 2 N–H and O–H groups in total. The first-order valence-electron chi connectivity index (χ1n) is 16.2. The Hall–Kier alpha value is -3.95. The number of hydrogen-bond acceptors (Lipinski definition) is 6. The number of carbonyl (C=O) groups is 1. The lowest BCUT2D eigenvalue weighted by molar-refractivity contribution is 0.0636. The molecular weight excluding hydrogens is 593 g/mol. The Kier molecular flexibility index (Phi) is 11.5. The number of carbonyl (C=O) groups excluding carboxylic acids is 1. The summed E-state index contributed by atoms with van der Waals surface area (Å²) >= 11 is 0. The largest absolute Gasteiger partial charge is 0.534 e. The molecule has 246 valence electrons. The summed E-state index contributed by atoms with van der Waals surface area (Å²) in [6, 6.07) is 27.1. The third-order valence-corrected chi connectivity index (χ3v) is 12.8. The van der Waals surface area contributed by atoms with E-state index < -0.39 is 20.0 Å². The fraction of sp³-hybridized carbons (Fsp3) is 0.432. The summed E-state index contributed by atoms with van der Waals surface area (Å²) in [6.45, 7) is 15.4. The normalized spacial score (nSPS) is 12.9. The highest BCUT2D eigenvalue weighted by molar-refractivity contribution is 7.00. The molecule has 4 aromatic rings. The third-order valence-electron chi connectivity index (χ3n) is 7.81. The van der Waals surface area contributed by atoms with Gasteiger partial charge in [0.25, 0.3) is 0 Å². The highest BCUT2D eigenvalue weighted by atomic mass is 28.4. The Balaban J connectivity index is 1.70. The quantitative estimate of drug-likeness (QED) is 0.124. The molecule has 0 aliphatic heterocycles. The first kappa shape index (κ1) is 34.9. The number of rotatable bonds is 13. The van der Waals surface area contributed by atoms with Crippen molar-refractivity contribution in [3.8, 4) is 5.75 Å². The van der Waals surface area contributed by atoms with Crippen LogP contribution in [0.15, 0.2) is 85.1 Å². The van der Waals surface area contributed by atoms with Crippen LogP contribution < -0.4 is 20.1 Å². The van der Waals surface area contributed by atoms with Gasteiger partial charge in [-0.05, 0) is 85.5 Å². The van der Waals surface area contributed by atoms with Crippen molar-refractivity contribution in [1.29, 1.82) is 0 Å². The number of nitrogens with one attached hydrogen (secondary N) is 1. The number of aliphatic hydroxyl groups is 1. The number of benzene rings is 3. The van der Waals surface area contributed by atoms with E-state index in [0.717, 1.165) is 36.9 Å². The zero-order chi connectivity index (χ0) is 33.4. The van der Waals surface area contributed by atoms with Gasteiger partial charge in [0, 0.05) is 31.1 Å². The van der Waals surface area contributed by atoms with Crippen LogP contribution in [0.4, 0.5) is 10.5 Å². The minimum Gasteiger partial charge on any atom is -0.534 e. The number of amides is 1. The molecule has 0 unspecified atom stereocenters. The lowest BCUT2D eigenvalue weighted by atomic mass is 10.0. The van der Waals surface area contributed by atoms with Crippen molar-refractivity contribution in [3.05, 3.63) is 96.3 Å². The minimum atomic E-state index is -2.91. The number of aromatic nitrogens is 3. The van der Waals surface area contributed by atoms with Crippen LogP contribution in [0.3, 0.4) is 0 Å². The zero-order valence-electron chi connectivity index (χ0n) is 28.4. The lowest BCUT2D eigenvalue weighted by Crippen LogP contribution is -2.68. The lowest BCUT2D eigenvalue weighted by Gasteiger charge is -2.43. The first-order valence-corrected chi connectivity index (χ1v) is 18.1. The van der Waals surface area contributed by atoms with Crippen molar-refractivity contribution in [2.24, 2.45) is 5.92 Å². The summed E-state index contributed by atoms with van der Waals surface area (Å²) in [6.07, 6.45) is 4.67. The number of ether oxygens (including phenoxy) is 1. The van der Waals surface area contributed by atoms with Crippen molar-refractivity contribution in [2.45, 2.75) is 91.3 Å². The van der Waals surface area contributed by atoms with Crippen LogP contribution in [-0.2, 0) is 24.1 Å². The van der Waals surface area contributed by atoms with Crippen LogP contribution >= 0.6 is 0 Å². The number of unbranched alkanes of at least 4 members (excludes halogenated alkanes) is 1. The van der Waals surface area contributed by atoms with E-state index in [2.05, 4.69) is 97.9 Å². The number of anilines is 1. The van der Waals surface area contributed by atoms with E-state index in [1.165, 1.54) is 10.4 Å². The molecular formula is C37H50N4O4Si. The summed E-state index contributed by atoms with van der Waals surface area (Å²) in [7, 11) is -2.91. The summed E-state index contributed by atoms with van der Waals surface area (Å²) in [5.74, 6) is 0.932. The van der Waals surface area contributed by atoms with Gasteiger partial charge in [0.1, 0.15) is 11.4 Å². The molecule has 0 aliphatic rings. The molecule has 46 heavy (non-hydrogen) atoms. The highest BCUT2D eigenvalue weighted by Crippen LogP contribution is 2.38. The molecule has 0 saturated heterocycles. The molecule has 0 saturated carbocycles. The second kappa shape index (κ2) is 15.1. The van der Waals surface area contributed by atoms with Crippen LogP contribution in [0.2, 0.25) is 5.04 Å². The van der Waals surface area contributed by atoms with Crippen molar-refractivity contribution in [2.75, 3.05) is 11.9 Å². The average molecular weight is 643 g/mol. The highest BCUT2D eigenvalue weighted by Gasteiger charge is 2.52. The molecule has 4 rings (SSSR count). The Morgan fingerprint density at radius 2 is 1.57 bits per heavy atom. The van der Waals surface area contributed by atoms with Crippen molar-refractivity contribution in [1.82, 2.24) is 15.0 Å². The van der Waals surface area contributed by atoms with E-state index in [9.17, 15) is 4.79 Å². The van der Waals surface area contributed by atoms with Gasteiger partial charge in [-0.1, -0.05) is 93.6 Å². The van der Waals surface area contributed by atoms with Crippen molar-refractivity contribution in [3.63, 3.8) is 0 Å². The molecule has 1 heterocycles. The Labute approximate surface area is 275 Å². The molecule has 0 fully saturated rings. The molecule has 1 atom stereocenters. The predicted molar refractivity (Wildman–Crippen MR) is 187 cm³/mol. The van der Waals surface area contributed by atoms with Crippen molar-refractivity contribution >= 4 is 30.5 Å². The summed E-state index contributed by atoms with van der Waals surface area (Å²) in [4.78, 5) is 12.9. The monoisotopic (exact) mass is 642 g/mol. The molecule has 0 spiro atoms. The van der Waals surface area contributed by atoms with Gasteiger partial charge in [0.05, 0.1) is 5.69 Å². The van der Waals surface area contributed by atoms with Crippen LogP contribution in [0.5, 0.6) is 5.75 Å². The molecule has 8 nitrogen and oxygen atoms in total. The SMILES string of the molecule is C[C@H](Cc1cc(NC(=O)OC(C)(C)C)cc(O[Si](c2ccccc2)(c2ccccc2)C(C)(C)C)c1)Cn1cc(CCCCO)nn1. The Morgan fingerprint density at radius 3 is 2.13 bits per heavy atom. The molecule has 1 aromatic heterocycles. The molecule has 0 radical (unpaired) electrons. The standard InChI is InChI=1S/C37H50N4O4Si/c1-28(26-41-27-30(39-40-41)16-14-15-21-42)22-29-23-31(38-35(43)44-36(2,3)4)25-32(24-29)45-46(37(5,6)7,33-17-10-8-11-18-33)34-19-12-9-13-20-34/h8-13,17-20,23-25,27-28,42H,14-16,21-22,26H2,1-7H3,(H,38,43)/t28-/m1/s1. The van der Waals surface area contributed by atoms with Gasteiger partial charge in [-0.25, -0.2) is 4.79 Å². The van der Waals surface area contributed by atoms with Crippen LogP contribution in [-0.4, -0.2) is 46.7 Å². The topological polar surface area (TPSA) is 98.5 Å². The number of aliphatic hydroxyl groups excluding tert-OH is 1. The molecule has 0 aliphatic carbocycles. The van der Waals surface area contributed by atoms with Gasteiger partial charge in [0.2, 0.25) is 0 Å². The van der Waals surface area contributed by atoms with E-state index in [1.807, 2.05) is 55.9 Å². The zero-order valence-corrected chi connectivity index (χ0v) is 29.4. The molecule has 1 amide bonds. The third kappa shape index (κ3) is 9.30. The van der Waals surface area contributed by atoms with Gasteiger partial charge in [-0.3, -0.25) is 10.00 Å². The van der Waals surface area contributed by atoms with Gasteiger partial charge in [-0.2, -0.15) is 0 Å². The second-order valence-electron chi connectivity index (χ2n) is 14.2. The second-order valence-corrected chi connectivity index (χ2v) is 18.4. The van der Waals surface area contributed by atoms with Gasteiger partial charge >= 0.3 is 14.4 Å². The van der Waals surface area contributed by atoms with Gasteiger partial charge < -0.3 is 14.3 Å². The van der Waals surface area contributed by atoms with Gasteiger partial charge in [0.15, 0.2) is 0 Å². The summed E-state index contributed by atoms with van der Waals surface area (Å²) < 4.78 is 14.8. The van der Waals surface area contributed by atoms with Crippen LogP contribution in [0.1, 0.15) is 72.6 Å². The van der Waals surface area contributed by atoms with E-state index in [0.29, 0.717) is 18.0 Å². The number of aryl methyl sites for hydroxylation is 1. The molecule has 0 bridgehead atoms. The van der Waals surface area contributed by atoms with Gasteiger partial charge in [-0.15, -0.1) is 5.10 Å². The number of hydrogen-bond donors (Lipinski definition) is 2. The molecule has 3 aromatic carbocycles. The van der Waals surface area contributed by atoms with Crippen molar-refractivity contribution < 1.29 is 19.1 Å². The Bertz CT molecular complexity index is 1510. The van der Waals surface area contributed by atoms with E-state index in [-0.39, 0.29) is 17.6 Å². The first-order chi connectivity index (χ1) is 21.8. The molecule has 9 heteroatoms. The predicted octanol–water partition coefficient (Wildman–Crippen LogP) is 6.76. The van der Waals surface area contributed by atoms with Crippen LogP contribution in [0, 0.1) is 5.92 Å². The van der Waals surface area contributed by atoms with Crippen LogP contribution in [0.25, 0.3) is 0 Å². The maximum atomic E-state index is 12.9. The fourth-order valence-electron chi connectivity index (χ4n) is 5.90. The van der Waals surface area contributed by atoms with E-state index in [1.54, 1.807) is 0 Å². The van der Waals surface area contributed by atoms with E-state index in [4.69, 9.17) is 14.3 Å². The summed E-state index contributed by atoms with van der Waals surface area (Å²) in [5, 5.41) is 22.8. The minimum absolute atomic E-state index is 0.189. The van der Waals surface area contributed by atoms with E-state index >= 15 is 0 Å². The average Bonchev–Trinajstić information content (AvgIpc) is 3.42. The Morgan fingerprint density at radius 1 is 0.935 bits per heavy atom. The smallest absolute Gasteiger partial charge is 0.412 e. The maximum Gasteiger partial charge on any atom is 0.412 e.